The minimum Gasteiger partial charge on any atom is -0.619 e. The third-order valence-electron chi connectivity index (χ3n) is 6.24. The molecule has 4 rings (SSSR count). The fourth-order valence-electron chi connectivity index (χ4n) is 4.19. The maximum Gasteiger partial charge on any atom is 0.254 e. The van der Waals surface area contributed by atoms with Crippen LogP contribution in [0.3, 0.4) is 0 Å². The van der Waals surface area contributed by atoms with Gasteiger partial charge in [-0.3, -0.25) is 4.79 Å². The van der Waals surface area contributed by atoms with Crippen molar-refractivity contribution in [2.45, 2.75) is 38.0 Å². The molecular weight excluding hydrogens is 468 g/mol. The Morgan fingerprint density at radius 1 is 1.20 bits per heavy atom. The van der Waals surface area contributed by atoms with Crippen LogP contribution in [0.2, 0.25) is 0 Å². The zero-order valence-electron chi connectivity index (χ0n) is 18.6. The van der Waals surface area contributed by atoms with Crippen LogP contribution in [-0.2, 0) is 4.79 Å². The molecule has 2 heterocycles. The number of carbonyl (C=O) groups excluding carboxylic acids is 1. The summed E-state index contributed by atoms with van der Waals surface area (Å²) in [7, 11) is 0. The van der Waals surface area contributed by atoms with Crippen molar-refractivity contribution in [2.24, 2.45) is 11.8 Å². The van der Waals surface area contributed by atoms with E-state index in [0.29, 0.717) is 16.4 Å². The molecule has 11 heteroatoms. The predicted octanol–water partition coefficient (Wildman–Crippen LogP) is 4.97. The molecule has 0 radical (unpaired) electrons. The average Bonchev–Trinajstić information content (AvgIpc) is 2.82. The fourth-order valence-corrected chi connectivity index (χ4v) is 4.19. The maximum atomic E-state index is 14.6. The Hall–Kier alpha value is -3.76. The lowest BCUT2D eigenvalue weighted by Crippen LogP contribution is -2.38. The number of pyridine rings is 1. The van der Waals surface area contributed by atoms with Gasteiger partial charge in [-0.2, -0.15) is 4.73 Å². The molecule has 3 aromatic rings. The van der Waals surface area contributed by atoms with E-state index in [4.69, 9.17) is 4.74 Å². The summed E-state index contributed by atoms with van der Waals surface area (Å²) in [6.45, 7) is 1.67. The Labute approximate surface area is 198 Å². The Morgan fingerprint density at radius 2 is 1.94 bits per heavy atom. The summed E-state index contributed by atoms with van der Waals surface area (Å²) >= 11 is 0. The Balaban J connectivity index is 1.39. The van der Waals surface area contributed by atoms with Crippen LogP contribution < -0.4 is 14.8 Å². The summed E-state index contributed by atoms with van der Waals surface area (Å²) in [4.78, 5) is 20.8. The number of benzene rings is 1. The van der Waals surface area contributed by atoms with Crippen LogP contribution in [0.5, 0.6) is 11.6 Å². The molecule has 1 fully saturated rings. The molecule has 1 saturated carbocycles. The minimum absolute atomic E-state index is 0.0684. The lowest BCUT2D eigenvalue weighted by Gasteiger charge is -2.38. The molecule has 0 aliphatic heterocycles. The highest BCUT2D eigenvalue weighted by molar-refractivity contribution is 5.91. The molecular formula is C24H22F4N4O3. The summed E-state index contributed by atoms with van der Waals surface area (Å²) in [5, 5.41) is 13.9. The molecule has 0 saturated heterocycles. The number of nitrogens with one attached hydrogen (secondary N) is 1. The summed E-state index contributed by atoms with van der Waals surface area (Å²) in [6.07, 6.45) is 4.64. The van der Waals surface area contributed by atoms with Crippen LogP contribution in [0, 0.1) is 28.7 Å². The largest absolute Gasteiger partial charge is 0.619 e. The van der Waals surface area contributed by atoms with Crippen LogP contribution in [0.1, 0.15) is 37.7 Å². The number of aromatic nitrogens is 3. The van der Waals surface area contributed by atoms with Crippen LogP contribution in [0.15, 0.2) is 55.1 Å². The van der Waals surface area contributed by atoms with Gasteiger partial charge >= 0.3 is 0 Å². The zero-order valence-corrected chi connectivity index (χ0v) is 18.6. The number of hydrogen-bond acceptors (Lipinski definition) is 5. The number of nitrogens with zero attached hydrogens (tertiary/aromatic N) is 3. The Kier molecular flexibility index (Phi) is 6.86. The van der Waals surface area contributed by atoms with E-state index in [2.05, 4.69) is 15.3 Å². The van der Waals surface area contributed by atoms with Gasteiger partial charge in [0.2, 0.25) is 11.8 Å². The highest BCUT2D eigenvalue weighted by Gasteiger charge is 2.47. The topological polar surface area (TPSA) is 91.0 Å². The molecule has 0 spiro atoms. The van der Waals surface area contributed by atoms with Crippen LogP contribution in [0.4, 0.5) is 23.4 Å². The second kappa shape index (κ2) is 9.85. The number of hydrogen-bond donors (Lipinski definition) is 1. The molecule has 35 heavy (non-hydrogen) atoms. The SMILES string of the molecule is C[C@@H](C(=O)Nc1cnc(Oc2ccc(F)cc2F)cn1)[C@@H]1CCC(F)(F)[C@@H](c2cc[n+]([O-])cc2)C1. The molecule has 0 bridgehead atoms. The molecule has 1 amide bonds. The van der Waals surface area contributed by atoms with E-state index >= 15 is 0 Å². The summed E-state index contributed by atoms with van der Waals surface area (Å²) in [5.41, 5.74) is 0.360. The molecule has 1 aliphatic carbocycles. The van der Waals surface area contributed by atoms with Crippen molar-refractivity contribution in [1.29, 1.82) is 0 Å². The van der Waals surface area contributed by atoms with E-state index in [1.807, 2.05) is 0 Å². The van der Waals surface area contributed by atoms with Gasteiger partial charge in [0.15, 0.2) is 29.8 Å². The van der Waals surface area contributed by atoms with Gasteiger partial charge in [-0.1, -0.05) is 6.92 Å². The molecule has 1 N–H and O–H groups in total. The maximum absolute atomic E-state index is 14.6. The normalized spacial score (nSPS) is 20.1. The van der Waals surface area contributed by atoms with Crippen LogP contribution >= 0.6 is 0 Å². The van der Waals surface area contributed by atoms with Crippen LogP contribution in [0.25, 0.3) is 0 Å². The van der Waals surface area contributed by atoms with Gasteiger partial charge in [0.05, 0.1) is 12.4 Å². The quantitative estimate of drug-likeness (QED) is 0.299. The molecule has 184 valence electrons. The number of alkyl halides is 2. The second-order valence-electron chi connectivity index (χ2n) is 8.53. The average molecular weight is 490 g/mol. The summed E-state index contributed by atoms with van der Waals surface area (Å²) < 4.78 is 61.7. The first kappa shape index (κ1) is 24.4. The first-order valence-electron chi connectivity index (χ1n) is 10.9. The fraction of sp³-hybridized carbons (Fsp3) is 0.333. The highest BCUT2D eigenvalue weighted by atomic mass is 19.3. The summed E-state index contributed by atoms with van der Waals surface area (Å²) in [5.74, 6) is -7.19. The third-order valence-corrected chi connectivity index (χ3v) is 6.24. The van der Waals surface area contributed by atoms with Crippen LogP contribution in [-0.4, -0.2) is 21.8 Å². The van der Waals surface area contributed by atoms with Crippen molar-refractivity contribution < 1.29 is 31.8 Å². The Morgan fingerprint density at radius 3 is 2.60 bits per heavy atom. The molecule has 3 atom stereocenters. The second-order valence-corrected chi connectivity index (χ2v) is 8.53. The molecule has 7 nitrogen and oxygen atoms in total. The van der Waals surface area contributed by atoms with E-state index in [1.54, 1.807) is 6.92 Å². The monoisotopic (exact) mass is 490 g/mol. The van der Waals surface area contributed by atoms with Crippen molar-refractivity contribution in [1.82, 2.24) is 9.97 Å². The van der Waals surface area contributed by atoms with Crippen molar-refractivity contribution in [3.8, 4) is 11.6 Å². The van der Waals surface area contributed by atoms with E-state index in [0.717, 1.165) is 18.3 Å². The van der Waals surface area contributed by atoms with Crippen molar-refractivity contribution in [3.63, 3.8) is 0 Å². The lowest BCUT2D eigenvalue weighted by molar-refractivity contribution is -0.605. The van der Waals surface area contributed by atoms with Crippen molar-refractivity contribution >= 4 is 11.7 Å². The Bertz CT molecular complexity index is 1190. The van der Waals surface area contributed by atoms with E-state index in [9.17, 15) is 27.6 Å². The van der Waals surface area contributed by atoms with Gasteiger partial charge in [-0.05, 0) is 36.5 Å². The molecule has 1 aromatic carbocycles. The number of ether oxygens (including phenoxy) is 1. The lowest BCUT2D eigenvalue weighted by atomic mass is 9.71. The van der Waals surface area contributed by atoms with Gasteiger partial charge in [0, 0.05) is 36.5 Å². The minimum atomic E-state index is -2.94. The molecule has 2 aromatic heterocycles. The smallest absolute Gasteiger partial charge is 0.254 e. The zero-order chi connectivity index (χ0) is 25.2. The first-order chi connectivity index (χ1) is 16.6. The summed E-state index contributed by atoms with van der Waals surface area (Å²) in [6, 6.07) is 5.58. The number of amides is 1. The van der Waals surface area contributed by atoms with Gasteiger partial charge in [0.1, 0.15) is 5.82 Å². The van der Waals surface area contributed by atoms with E-state index in [1.165, 1.54) is 30.7 Å². The van der Waals surface area contributed by atoms with Crippen molar-refractivity contribution in [2.75, 3.05) is 5.32 Å². The van der Waals surface area contributed by atoms with Gasteiger partial charge in [-0.15, -0.1) is 0 Å². The van der Waals surface area contributed by atoms with Gasteiger partial charge < -0.3 is 15.3 Å². The number of anilines is 1. The molecule has 1 aliphatic rings. The van der Waals surface area contributed by atoms with Gasteiger partial charge in [0.25, 0.3) is 5.92 Å². The van der Waals surface area contributed by atoms with Gasteiger partial charge in [-0.25, -0.2) is 27.5 Å². The standard InChI is InChI=1S/C24H22F4N4O3/c1-14(16-4-7-24(27,28)18(10-16)15-5-8-32(34)9-6-15)23(33)31-21-12-30-22(13-29-21)35-20-3-2-17(25)11-19(20)26/h2-3,5-6,8-9,11-14,16,18H,4,7,10H2,1H3,(H,29,31,33)/t14-,16-,18-/m1/s1. The first-order valence-corrected chi connectivity index (χ1v) is 10.9. The third kappa shape index (κ3) is 5.67. The predicted molar refractivity (Wildman–Crippen MR) is 117 cm³/mol. The number of carbonyl (C=O) groups is 1. The highest BCUT2D eigenvalue weighted by Crippen LogP contribution is 2.48. The molecule has 0 unspecified atom stereocenters. The number of halogens is 4. The van der Waals surface area contributed by atoms with Crippen molar-refractivity contribution in [3.05, 3.63) is 77.5 Å². The van der Waals surface area contributed by atoms with E-state index in [-0.39, 0.29) is 42.6 Å². The van der Waals surface area contributed by atoms with E-state index < -0.39 is 35.3 Å². The number of rotatable bonds is 6.